The average molecular weight is 274 g/mol. The molecule has 1 fully saturated rings. The van der Waals surface area contributed by atoms with Crippen LogP contribution in [0.5, 0.6) is 0 Å². The molecule has 0 radical (unpaired) electrons. The first kappa shape index (κ1) is 14.0. The number of rotatable bonds is 3. The van der Waals surface area contributed by atoms with Gasteiger partial charge in [-0.1, -0.05) is 6.92 Å². The predicted molar refractivity (Wildman–Crippen MR) is 65.7 cm³/mol. The quantitative estimate of drug-likeness (QED) is 0.888. The molecule has 1 aliphatic heterocycles. The minimum Gasteiger partial charge on any atom is -0.368 e. The lowest BCUT2D eigenvalue weighted by Crippen LogP contribution is -2.42. The second-order valence-electron chi connectivity index (χ2n) is 5.25. The number of aromatic nitrogens is 2. The lowest BCUT2D eigenvalue weighted by atomic mass is 9.83. The number of hydrogen-bond donors (Lipinski definition) is 2. The molecule has 106 valence electrons. The zero-order valence-corrected chi connectivity index (χ0v) is 10.7. The van der Waals surface area contributed by atoms with Crippen LogP contribution in [0.25, 0.3) is 0 Å². The van der Waals surface area contributed by atoms with Crippen molar-refractivity contribution in [3.05, 3.63) is 17.8 Å². The number of piperidine rings is 1. The fourth-order valence-electron chi connectivity index (χ4n) is 2.15. The van der Waals surface area contributed by atoms with E-state index in [1.54, 1.807) is 0 Å². The molecule has 4 nitrogen and oxygen atoms in total. The largest absolute Gasteiger partial charge is 0.435 e. The summed E-state index contributed by atoms with van der Waals surface area (Å²) in [4.78, 5) is 0. The summed E-state index contributed by atoms with van der Waals surface area (Å²) in [7, 11) is 0. The lowest BCUT2D eigenvalue weighted by molar-refractivity contribution is -0.141. The zero-order chi connectivity index (χ0) is 13.9. The molecule has 7 heteroatoms. The van der Waals surface area contributed by atoms with Gasteiger partial charge in [0.1, 0.15) is 5.82 Å². The third-order valence-electron chi connectivity index (χ3n) is 3.34. The molecule has 1 unspecified atom stereocenters. The lowest BCUT2D eigenvalue weighted by Gasteiger charge is -2.34. The van der Waals surface area contributed by atoms with Crippen LogP contribution in [0.4, 0.5) is 19.0 Å². The highest BCUT2D eigenvalue weighted by Crippen LogP contribution is 2.28. The Morgan fingerprint density at radius 2 is 2.16 bits per heavy atom. The van der Waals surface area contributed by atoms with E-state index in [-0.39, 0.29) is 5.41 Å². The van der Waals surface area contributed by atoms with E-state index in [1.165, 1.54) is 6.07 Å². The van der Waals surface area contributed by atoms with Crippen molar-refractivity contribution < 1.29 is 13.2 Å². The molecule has 2 heterocycles. The van der Waals surface area contributed by atoms with Crippen molar-refractivity contribution in [3.8, 4) is 0 Å². The minimum atomic E-state index is -4.44. The number of anilines is 1. The SMILES string of the molecule is CC1(CNc2ccc(C(F)(F)F)nn2)CCCNC1. The molecule has 1 saturated heterocycles. The Kier molecular flexibility index (Phi) is 3.93. The number of nitrogens with one attached hydrogen (secondary N) is 2. The summed E-state index contributed by atoms with van der Waals surface area (Å²) in [6.45, 7) is 4.73. The van der Waals surface area contributed by atoms with Crippen LogP contribution in [0.1, 0.15) is 25.5 Å². The van der Waals surface area contributed by atoms with Gasteiger partial charge in [-0.3, -0.25) is 0 Å². The molecule has 0 amide bonds. The highest BCUT2D eigenvalue weighted by Gasteiger charge is 2.33. The smallest absolute Gasteiger partial charge is 0.368 e. The summed E-state index contributed by atoms with van der Waals surface area (Å²) >= 11 is 0. The van der Waals surface area contributed by atoms with Crippen molar-refractivity contribution >= 4 is 5.82 Å². The topological polar surface area (TPSA) is 49.8 Å². The molecular formula is C12H17F3N4. The summed E-state index contributed by atoms with van der Waals surface area (Å²) in [5, 5.41) is 13.1. The number of hydrogen-bond acceptors (Lipinski definition) is 4. The van der Waals surface area contributed by atoms with Gasteiger partial charge in [0.25, 0.3) is 0 Å². The van der Waals surface area contributed by atoms with E-state index in [9.17, 15) is 13.2 Å². The summed E-state index contributed by atoms with van der Waals surface area (Å²) < 4.78 is 37.0. The third kappa shape index (κ3) is 3.79. The van der Waals surface area contributed by atoms with Crippen molar-refractivity contribution in [2.24, 2.45) is 5.41 Å². The average Bonchev–Trinajstić information content (AvgIpc) is 2.37. The van der Waals surface area contributed by atoms with Crippen molar-refractivity contribution in [1.29, 1.82) is 0 Å². The Morgan fingerprint density at radius 3 is 2.68 bits per heavy atom. The summed E-state index contributed by atoms with van der Waals surface area (Å²) in [5.74, 6) is 0.375. The van der Waals surface area contributed by atoms with Crippen LogP contribution in [-0.4, -0.2) is 29.8 Å². The van der Waals surface area contributed by atoms with Crippen LogP contribution in [0, 0.1) is 5.41 Å². The third-order valence-corrected chi connectivity index (χ3v) is 3.34. The van der Waals surface area contributed by atoms with Crippen molar-refractivity contribution in [2.45, 2.75) is 25.9 Å². The molecule has 0 aromatic carbocycles. The van der Waals surface area contributed by atoms with Crippen LogP contribution < -0.4 is 10.6 Å². The summed E-state index contributed by atoms with van der Waals surface area (Å²) in [5.41, 5.74) is -0.869. The van der Waals surface area contributed by atoms with Gasteiger partial charge < -0.3 is 10.6 Å². The molecule has 1 aromatic rings. The van der Waals surface area contributed by atoms with Crippen molar-refractivity contribution in [3.63, 3.8) is 0 Å². The maximum absolute atomic E-state index is 12.3. The van der Waals surface area contributed by atoms with Crippen LogP contribution in [0.3, 0.4) is 0 Å². The van der Waals surface area contributed by atoms with Gasteiger partial charge in [-0.2, -0.15) is 13.2 Å². The molecule has 19 heavy (non-hydrogen) atoms. The first-order chi connectivity index (χ1) is 8.89. The van der Waals surface area contributed by atoms with E-state index in [2.05, 4.69) is 27.8 Å². The van der Waals surface area contributed by atoms with E-state index < -0.39 is 11.9 Å². The van der Waals surface area contributed by atoms with Crippen LogP contribution in [-0.2, 0) is 6.18 Å². The predicted octanol–water partition coefficient (Wildman–Crippen LogP) is 2.30. The maximum atomic E-state index is 12.3. The highest BCUT2D eigenvalue weighted by atomic mass is 19.4. The van der Waals surface area contributed by atoms with Crippen LogP contribution in [0.15, 0.2) is 12.1 Å². The van der Waals surface area contributed by atoms with Crippen LogP contribution >= 0.6 is 0 Å². The molecule has 2 rings (SSSR count). The molecule has 2 N–H and O–H groups in total. The molecule has 1 aromatic heterocycles. The first-order valence-electron chi connectivity index (χ1n) is 6.25. The Labute approximate surface area is 109 Å². The van der Waals surface area contributed by atoms with Gasteiger partial charge in [-0.25, -0.2) is 0 Å². The normalized spacial score (nSPS) is 24.2. The fraction of sp³-hybridized carbons (Fsp3) is 0.667. The van der Waals surface area contributed by atoms with E-state index in [0.29, 0.717) is 12.4 Å². The monoisotopic (exact) mass is 274 g/mol. The van der Waals surface area contributed by atoms with Crippen LogP contribution in [0.2, 0.25) is 0 Å². The van der Waals surface area contributed by atoms with Gasteiger partial charge in [-0.15, -0.1) is 10.2 Å². The standard InChI is InChI=1S/C12H17F3N4/c1-11(5-2-6-16-7-11)8-17-10-4-3-9(18-19-10)12(13,14)15/h3-4,16H,2,5-8H2,1H3,(H,17,19). The Bertz CT molecular complexity index is 410. The van der Waals surface area contributed by atoms with Crippen molar-refractivity contribution in [2.75, 3.05) is 25.0 Å². The molecule has 0 bridgehead atoms. The second kappa shape index (κ2) is 5.32. The Balaban J connectivity index is 1.93. The number of nitrogens with zero attached hydrogens (tertiary/aromatic N) is 2. The number of halogens is 3. The maximum Gasteiger partial charge on any atom is 0.435 e. The Hall–Kier alpha value is -1.37. The Morgan fingerprint density at radius 1 is 1.37 bits per heavy atom. The summed E-state index contributed by atoms with van der Waals surface area (Å²) in [6.07, 6.45) is -2.25. The van der Waals surface area contributed by atoms with Gasteiger partial charge in [0.05, 0.1) is 0 Å². The number of alkyl halides is 3. The minimum absolute atomic E-state index is 0.0998. The first-order valence-corrected chi connectivity index (χ1v) is 6.25. The highest BCUT2D eigenvalue weighted by molar-refractivity contribution is 5.33. The molecular weight excluding hydrogens is 257 g/mol. The van der Waals surface area contributed by atoms with Gasteiger partial charge in [0, 0.05) is 13.1 Å². The molecule has 0 saturated carbocycles. The second-order valence-corrected chi connectivity index (χ2v) is 5.25. The van der Waals surface area contributed by atoms with Gasteiger partial charge in [-0.05, 0) is 36.9 Å². The summed E-state index contributed by atoms with van der Waals surface area (Å²) in [6, 6.07) is 2.26. The molecule has 0 aliphatic carbocycles. The van der Waals surface area contributed by atoms with Gasteiger partial charge >= 0.3 is 6.18 Å². The van der Waals surface area contributed by atoms with Gasteiger partial charge in [0.2, 0.25) is 0 Å². The molecule has 1 aliphatic rings. The van der Waals surface area contributed by atoms with E-state index in [0.717, 1.165) is 32.0 Å². The van der Waals surface area contributed by atoms with E-state index >= 15 is 0 Å². The van der Waals surface area contributed by atoms with E-state index in [1.807, 2.05) is 0 Å². The molecule has 1 atom stereocenters. The molecule has 0 spiro atoms. The van der Waals surface area contributed by atoms with Crippen molar-refractivity contribution in [1.82, 2.24) is 15.5 Å². The van der Waals surface area contributed by atoms with E-state index in [4.69, 9.17) is 0 Å². The van der Waals surface area contributed by atoms with Gasteiger partial charge in [0.15, 0.2) is 5.69 Å². The fourth-order valence-corrected chi connectivity index (χ4v) is 2.15. The zero-order valence-electron chi connectivity index (χ0n) is 10.7.